The van der Waals surface area contributed by atoms with Crippen LogP contribution in [-0.4, -0.2) is 26.4 Å². The lowest BCUT2D eigenvalue weighted by atomic mass is 10.1. The maximum Gasteiger partial charge on any atom is 0.217 e. The molecule has 1 fully saturated rings. The van der Waals surface area contributed by atoms with Gasteiger partial charge in [0.25, 0.3) is 0 Å². The number of ether oxygens (including phenoxy) is 1. The van der Waals surface area contributed by atoms with Gasteiger partial charge in [0.1, 0.15) is 11.1 Å². The van der Waals surface area contributed by atoms with Crippen molar-refractivity contribution in [1.82, 2.24) is 4.72 Å². The molecule has 1 N–H and O–H groups in total. The van der Waals surface area contributed by atoms with E-state index >= 15 is 0 Å². The molecule has 0 spiro atoms. The molecule has 3 atom stereocenters. The molecular weight excluding hydrogens is 305 g/mol. The smallest absolute Gasteiger partial charge is 0.217 e. The van der Waals surface area contributed by atoms with Crippen LogP contribution in [0.25, 0.3) is 0 Å². The lowest BCUT2D eigenvalue weighted by Gasteiger charge is -2.20. The lowest BCUT2D eigenvalue weighted by Crippen LogP contribution is -2.39. The third-order valence-electron chi connectivity index (χ3n) is 3.48. The highest BCUT2D eigenvalue weighted by atomic mass is 35.5. The van der Waals surface area contributed by atoms with Crippen LogP contribution in [-0.2, 0) is 14.8 Å². The first-order chi connectivity index (χ1) is 9.31. The third kappa shape index (κ3) is 3.31. The minimum atomic E-state index is -3.51. The summed E-state index contributed by atoms with van der Waals surface area (Å²) in [6.07, 6.45) is 0.142. The fourth-order valence-corrected chi connectivity index (χ4v) is 4.48. The minimum Gasteiger partial charge on any atom is -0.377 e. The predicted octanol–water partition coefficient (Wildman–Crippen LogP) is 2.64. The van der Waals surface area contributed by atoms with Crippen molar-refractivity contribution in [2.45, 2.75) is 37.7 Å². The van der Waals surface area contributed by atoms with Gasteiger partial charge >= 0.3 is 0 Å². The Morgan fingerprint density at radius 3 is 2.75 bits per heavy atom. The summed E-state index contributed by atoms with van der Waals surface area (Å²) in [6, 6.07) is 3.39. The number of hydrogen-bond acceptors (Lipinski definition) is 3. The highest BCUT2D eigenvalue weighted by molar-refractivity contribution is 7.90. The fourth-order valence-electron chi connectivity index (χ4n) is 2.37. The molecule has 1 aliphatic heterocycles. The molecule has 112 valence electrons. The maximum atomic E-state index is 13.0. The maximum absolute atomic E-state index is 13.0. The molecule has 0 aliphatic carbocycles. The summed E-state index contributed by atoms with van der Waals surface area (Å²) in [5.41, 5.74) is 0.545. The zero-order chi connectivity index (χ0) is 14.9. The number of nitrogens with one attached hydrogen (secondary N) is 1. The van der Waals surface area contributed by atoms with E-state index in [-0.39, 0.29) is 11.1 Å². The second kappa shape index (κ2) is 5.97. The Bertz CT molecular complexity index is 593. The van der Waals surface area contributed by atoms with Gasteiger partial charge in [0.15, 0.2) is 0 Å². The molecule has 1 heterocycles. The summed E-state index contributed by atoms with van der Waals surface area (Å²) in [6.45, 7) is 3.86. The standard InChI is InChI=1S/C13H17ClFNO3S/c1-8(11-4-3-10(15)7-12(11)14)16-20(17,18)13-5-6-19-9(13)2/h3-4,7-9,13,16H,5-6H2,1-2H3. The first-order valence-electron chi connectivity index (χ1n) is 6.39. The fraction of sp³-hybridized carbons (Fsp3) is 0.538. The summed E-state index contributed by atoms with van der Waals surface area (Å²) < 4.78 is 45.5. The van der Waals surface area contributed by atoms with E-state index in [0.29, 0.717) is 18.6 Å². The molecule has 0 bridgehead atoms. The van der Waals surface area contributed by atoms with Crippen molar-refractivity contribution < 1.29 is 17.5 Å². The van der Waals surface area contributed by atoms with Crippen molar-refractivity contribution in [3.05, 3.63) is 34.6 Å². The van der Waals surface area contributed by atoms with Gasteiger partial charge in [-0.3, -0.25) is 0 Å². The molecule has 20 heavy (non-hydrogen) atoms. The Morgan fingerprint density at radius 2 is 2.20 bits per heavy atom. The highest BCUT2D eigenvalue weighted by Crippen LogP contribution is 2.26. The Balaban J connectivity index is 2.16. The molecule has 1 aliphatic rings. The molecule has 7 heteroatoms. The van der Waals surface area contributed by atoms with Crippen LogP contribution in [0.3, 0.4) is 0 Å². The molecule has 1 aromatic carbocycles. The molecule has 4 nitrogen and oxygen atoms in total. The summed E-state index contributed by atoms with van der Waals surface area (Å²) in [4.78, 5) is 0. The van der Waals surface area contributed by atoms with Gasteiger partial charge in [-0.2, -0.15) is 0 Å². The lowest BCUT2D eigenvalue weighted by molar-refractivity contribution is 0.126. The Morgan fingerprint density at radius 1 is 1.50 bits per heavy atom. The average Bonchev–Trinajstić information content (AvgIpc) is 2.75. The Kier molecular flexibility index (Phi) is 4.69. The van der Waals surface area contributed by atoms with E-state index in [1.807, 2.05) is 0 Å². The topological polar surface area (TPSA) is 55.4 Å². The summed E-state index contributed by atoms with van der Waals surface area (Å²) in [5, 5.41) is -0.361. The van der Waals surface area contributed by atoms with Crippen molar-refractivity contribution in [3.8, 4) is 0 Å². The molecule has 1 aromatic rings. The first-order valence-corrected chi connectivity index (χ1v) is 8.31. The van der Waals surface area contributed by atoms with Gasteiger partial charge in [-0.1, -0.05) is 17.7 Å². The molecule has 0 aromatic heterocycles. The largest absolute Gasteiger partial charge is 0.377 e. The van der Waals surface area contributed by atoms with Crippen molar-refractivity contribution in [2.75, 3.05) is 6.61 Å². The monoisotopic (exact) mass is 321 g/mol. The van der Waals surface area contributed by atoms with Crippen LogP contribution >= 0.6 is 11.6 Å². The molecule has 3 unspecified atom stereocenters. The number of hydrogen-bond donors (Lipinski definition) is 1. The van der Waals surface area contributed by atoms with Crippen LogP contribution in [0.2, 0.25) is 5.02 Å². The van der Waals surface area contributed by atoms with Gasteiger partial charge in [0, 0.05) is 17.7 Å². The first kappa shape index (κ1) is 15.7. The van der Waals surface area contributed by atoms with Gasteiger partial charge in [0.2, 0.25) is 10.0 Å². The Labute approximate surface area is 123 Å². The van der Waals surface area contributed by atoms with Crippen LogP contribution in [0, 0.1) is 5.82 Å². The van der Waals surface area contributed by atoms with Gasteiger partial charge < -0.3 is 4.74 Å². The molecule has 1 saturated heterocycles. The van der Waals surface area contributed by atoms with Gasteiger partial charge in [-0.05, 0) is 38.0 Å². The van der Waals surface area contributed by atoms with Crippen LogP contribution < -0.4 is 4.72 Å². The van der Waals surface area contributed by atoms with Crippen molar-refractivity contribution >= 4 is 21.6 Å². The number of halogens is 2. The van der Waals surface area contributed by atoms with E-state index in [2.05, 4.69) is 4.72 Å². The molecule has 0 radical (unpaired) electrons. The van der Waals surface area contributed by atoms with E-state index in [4.69, 9.17) is 16.3 Å². The summed E-state index contributed by atoms with van der Waals surface area (Å²) >= 11 is 5.94. The zero-order valence-corrected chi connectivity index (χ0v) is 12.8. The number of rotatable bonds is 4. The molecular formula is C13H17ClFNO3S. The normalized spacial score (nSPS) is 24.8. The van der Waals surface area contributed by atoms with Crippen LogP contribution in [0.15, 0.2) is 18.2 Å². The molecule has 0 amide bonds. The van der Waals surface area contributed by atoms with E-state index in [1.165, 1.54) is 18.2 Å². The quantitative estimate of drug-likeness (QED) is 0.927. The summed E-state index contributed by atoms with van der Waals surface area (Å²) in [7, 11) is -3.51. The van der Waals surface area contributed by atoms with E-state index in [0.717, 1.165) is 0 Å². The zero-order valence-electron chi connectivity index (χ0n) is 11.3. The SMILES string of the molecule is CC(NS(=O)(=O)C1CCOC1C)c1ccc(F)cc1Cl. The van der Waals surface area contributed by atoms with Crippen molar-refractivity contribution in [1.29, 1.82) is 0 Å². The van der Waals surface area contributed by atoms with Gasteiger partial charge in [0.05, 0.1) is 6.10 Å². The van der Waals surface area contributed by atoms with Crippen LogP contribution in [0.1, 0.15) is 31.9 Å². The van der Waals surface area contributed by atoms with Crippen molar-refractivity contribution in [3.63, 3.8) is 0 Å². The van der Waals surface area contributed by atoms with E-state index in [1.54, 1.807) is 13.8 Å². The van der Waals surface area contributed by atoms with Gasteiger partial charge in [-0.25, -0.2) is 17.5 Å². The van der Waals surface area contributed by atoms with E-state index < -0.39 is 27.1 Å². The second-order valence-corrected chi connectivity index (χ2v) is 7.29. The molecule has 0 saturated carbocycles. The minimum absolute atomic E-state index is 0.205. The van der Waals surface area contributed by atoms with Gasteiger partial charge in [-0.15, -0.1) is 0 Å². The third-order valence-corrected chi connectivity index (χ3v) is 5.90. The molecule has 2 rings (SSSR count). The number of sulfonamides is 1. The summed E-state index contributed by atoms with van der Waals surface area (Å²) in [5.74, 6) is -0.452. The van der Waals surface area contributed by atoms with E-state index in [9.17, 15) is 12.8 Å². The highest BCUT2D eigenvalue weighted by Gasteiger charge is 2.36. The number of benzene rings is 1. The van der Waals surface area contributed by atoms with Crippen LogP contribution in [0.5, 0.6) is 0 Å². The Hall–Kier alpha value is -0.690. The second-order valence-electron chi connectivity index (χ2n) is 4.95. The predicted molar refractivity (Wildman–Crippen MR) is 75.7 cm³/mol. The van der Waals surface area contributed by atoms with Crippen molar-refractivity contribution in [2.24, 2.45) is 0 Å². The van der Waals surface area contributed by atoms with Crippen LogP contribution in [0.4, 0.5) is 4.39 Å². The average molecular weight is 322 g/mol.